The van der Waals surface area contributed by atoms with Gasteiger partial charge in [0, 0.05) is 68.4 Å². The fourth-order valence-electron chi connectivity index (χ4n) is 6.50. The van der Waals surface area contributed by atoms with Crippen LogP contribution >= 0.6 is 0 Å². The second-order valence-electron chi connectivity index (χ2n) is 11.7. The molecule has 8 nitrogen and oxygen atoms in total. The van der Waals surface area contributed by atoms with E-state index in [9.17, 15) is 13.6 Å². The Morgan fingerprint density at radius 1 is 1.12 bits per heavy atom. The molecule has 10 heteroatoms. The number of nitrogens with zero attached hydrogens (tertiary/aromatic N) is 6. The normalized spacial score (nSPS) is 21.8. The number of aromatic nitrogens is 4. The van der Waals surface area contributed by atoms with Gasteiger partial charge in [-0.3, -0.25) is 4.79 Å². The first kappa shape index (κ1) is 26.7. The zero-order chi connectivity index (χ0) is 28.1. The lowest BCUT2D eigenvalue weighted by atomic mass is 9.75. The number of aliphatic imine (C=N–C) groups is 1. The number of carbonyl (C=O) groups excluding carboxylic acids is 1. The van der Waals surface area contributed by atoms with E-state index < -0.39 is 17.2 Å². The third-order valence-electron chi connectivity index (χ3n) is 9.07. The summed E-state index contributed by atoms with van der Waals surface area (Å²) in [5.74, 6) is -0.0120. The van der Waals surface area contributed by atoms with Crippen LogP contribution in [0.3, 0.4) is 0 Å². The number of ether oxygens (including phenoxy) is 1. The molecule has 3 aliphatic heterocycles. The molecule has 1 aromatic carbocycles. The molecule has 0 bridgehead atoms. The van der Waals surface area contributed by atoms with Crippen molar-refractivity contribution in [1.82, 2.24) is 24.6 Å². The smallest absolute Gasteiger partial charge is 0.223 e. The highest BCUT2D eigenvalue weighted by Crippen LogP contribution is 2.43. The molecule has 6 rings (SSSR count). The van der Waals surface area contributed by atoms with Crippen molar-refractivity contribution < 1.29 is 18.3 Å². The van der Waals surface area contributed by atoms with Crippen molar-refractivity contribution in [3.05, 3.63) is 70.9 Å². The Balaban J connectivity index is 1.23. The van der Waals surface area contributed by atoms with E-state index >= 15 is 0 Å². The van der Waals surface area contributed by atoms with E-state index in [1.807, 2.05) is 35.6 Å². The summed E-state index contributed by atoms with van der Waals surface area (Å²) in [6.07, 6.45) is 6.85. The number of amides is 1. The van der Waals surface area contributed by atoms with Crippen LogP contribution in [-0.2, 0) is 27.1 Å². The Bertz CT molecular complexity index is 1460. The van der Waals surface area contributed by atoms with Crippen molar-refractivity contribution in [1.29, 1.82) is 0 Å². The zero-order valence-electron chi connectivity index (χ0n) is 23.1. The highest BCUT2D eigenvalue weighted by atomic mass is 19.2. The minimum atomic E-state index is -0.858. The first-order valence-corrected chi connectivity index (χ1v) is 13.9. The van der Waals surface area contributed by atoms with Crippen LogP contribution in [0.2, 0.25) is 0 Å². The van der Waals surface area contributed by atoms with Crippen LogP contribution in [0.5, 0.6) is 0 Å². The van der Waals surface area contributed by atoms with Gasteiger partial charge in [0.2, 0.25) is 5.91 Å². The quantitative estimate of drug-likeness (QED) is 0.440. The number of benzene rings is 1. The van der Waals surface area contributed by atoms with E-state index in [2.05, 4.69) is 26.2 Å². The molecular weight excluding hydrogens is 514 g/mol. The molecule has 0 radical (unpaired) electrons. The SMILES string of the molecule is COC(C)(C)c1nnc2n1C[C@H](c1cccc(F)c1F)CC[C@H]2CC(=O)N1CCC2(C=Nc3ncccc32)CC1. The van der Waals surface area contributed by atoms with Crippen molar-refractivity contribution in [3.8, 4) is 0 Å². The van der Waals surface area contributed by atoms with Crippen LogP contribution < -0.4 is 0 Å². The summed E-state index contributed by atoms with van der Waals surface area (Å²) < 4.78 is 36.7. The highest BCUT2D eigenvalue weighted by molar-refractivity contribution is 5.84. The molecular formula is C30H34F2N6O2. The summed E-state index contributed by atoms with van der Waals surface area (Å²) in [7, 11) is 1.61. The lowest BCUT2D eigenvalue weighted by molar-refractivity contribution is -0.133. The standard InChI is InChI=1S/C30H34F2N6O2/c1-29(2,40-3)28-36-35-27-19(9-10-20(17-38(27)28)21-6-4-8-23(31)25(21)32)16-24(39)37-14-11-30(12-15-37)18-34-26-22(30)7-5-13-33-26/h4-8,13,18-20H,9-12,14-17H2,1-3H3/t19-,20+/m0/s1. The molecule has 3 aromatic rings. The van der Waals surface area contributed by atoms with Gasteiger partial charge < -0.3 is 14.2 Å². The summed E-state index contributed by atoms with van der Waals surface area (Å²) in [5, 5.41) is 9.00. The number of methoxy groups -OCH3 is 1. The molecule has 1 spiro atoms. The summed E-state index contributed by atoms with van der Waals surface area (Å²) in [6, 6.07) is 8.35. The molecule has 0 unspecified atom stereocenters. The van der Waals surface area contributed by atoms with E-state index in [0.717, 1.165) is 30.3 Å². The summed E-state index contributed by atoms with van der Waals surface area (Å²) in [5.41, 5.74) is 0.570. The Morgan fingerprint density at radius 2 is 1.93 bits per heavy atom. The molecule has 0 saturated carbocycles. The molecule has 0 aliphatic carbocycles. The molecule has 3 aliphatic rings. The maximum atomic E-state index is 14.9. The van der Waals surface area contributed by atoms with Gasteiger partial charge in [-0.25, -0.2) is 18.8 Å². The zero-order valence-corrected chi connectivity index (χ0v) is 23.1. The summed E-state index contributed by atoms with van der Waals surface area (Å²) in [4.78, 5) is 24.5. The van der Waals surface area contributed by atoms with E-state index in [1.54, 1.807) is 25.4 Å². The molecule has 1 fully saturated rings. The largest absolute Gasteiger partial charge is 0.371 e. The van der Waals surface area contributed by atoms with Crippen LogP contribution in [0.25, 0.3) is 0 Å². The van der Waals surface area contributed by atoms with Crippen LogP contribution in [0.1, 0.15) is 80.6 Å². The molecule has 5 heterocycles. The number of hydrogen-bond donors (Lipinski definition) is 0. The number of piperidine rings is 1. The third kappa shape index (κ3) is 4.52. The molecule has 40 heavy (non-hydrogen) atoms. The second kappa shape index (κ2) is 10.1. The monoisotopic (exact) mass is 548 g/mol. The average Bonchev–Trinajstić information content (AvgIpc) is 3.49. The van der Waals surface area contributed by atoms with Crippen molar-refractivity contribution in [3.63, 3.8) is 0 Å². The van der Waals surface area contributed by atoms with Crippen molar-refractivity contribution in [2.24, 2.45) is 4.99 Å². The first-order chi connectivity index (χ1) is 19.2. The van der Waals surface area contributed by atoms with E-state index in [4.69, 9.17) is 4.74 Å². The maximum absolute atomic E-state index is 14.9. The number of likely N-dealkylation sites (tertiary alicyclic amines) is 1. The molecule has 1 amide bonds. The van der Waals surface area contributed by atoms with E-state index in [0.29, 0.717) is 49.7 Å². The van der Waals surface area contributed by atoms with Crippen molar-refractivity contribution in [2.75, 3.05) is 20.2 Å². The molecule has 210 valence electrons. The van der Waals surface area contributed by atoms with Gasteiger partial charge in [-0.2, -0.15) is 0 Å². The Morgan fingerprint density at radius 3 is 2.70 bits per heavy atom. The van der Waals surface area contributed by atoms with Gasteiger partial charge in [-0.05, 0) is 57.2 Å². The van der Waals surface area contributed by atoms with Crippen LogP contribution in [0.4, 0.5) is 14.6 Å². The van der Waals surface area contributed by atoms with Gasteiger partial charge in [0.1, 0.15) is 11.4 Å². The van der Waals surface area contributed by atoms with E-state index in [1.165, 1.54) is 0 Å². The first-order valence-electron chi connectivity index (χ1n) is 13.9. The predicted molar refractivity (Wildman–Crippen MR) is 146 cm³/mol. The Hall–Kier alpha value is -3.53. The van der Waals surface area contributed by atoms with Crippen LogP contribution in [0.15, 0.2) is 41.5 Å². The van der Waals surface area contributed by atoms with Gasteiger partial charge in [0.15, 0.2) is 23.3 Å². The van der Waals surface area contributed by atoms with Gasteiger partial charge in [-0.15, -0.1) is 10.2 Å². The summed E-state index contributed by atoms with van der Waals surface area (Å²) in [6.45, 7) is 5.46. The molecule has 1 saturated heterocycles. The maximum Gasteiger partial charge on any atom is 0.223 e. The van der Waals surface area contributed by atoms with Gasteiger partial charge in [0.05, 0.1) is 0 Å². The number of pyridine rings is 1. The highest BCUT2D eigenvalue weighted by Gasteiger charge is 2.42. The number of fused-ring (bicyclic) bond motifs is 3. The second-order valence-corrected chi connectivity index (χ2v) is 11.7. The molecule has 2 aromatic heterocycles. The predicted octanol–water partition coefficient (Wildman–Crippen LogP) is 5.16. The lowest BCUT2D eigenvalue weighted by Gasteiger charge is -2.38. The van der Waals surface area contributed by atoms with E-state index in [-0.39, 0.29) is 29.6 Å². The molecule has 2 atom stereocenters. The lowest BCUT2D eigenvalue weighted by Crippen LogP contribution is -2.45. The van der Waals surface area contributed by atoms with Gasteiger partial charge in [-0.1, -0.05) is 18.2 Å². The number of hydrogen-bond acceptors (Lipinski definition) is 6. The van der Waals surface area contributed by atoms with Crippen molar-refractivity contribution >= 4 is 17.9 Å². The topological polar surface area (TPSA) is 85.5 Å². The van der Waals surface area contributed by atoms with Crippen molar-refractivity contribution in [2.45, 2.75) is 75.3 Å². The van der Waals surface area contributed by atoms with Crippen LogP contribution in [0, 0.1) is 11.6 Å². The third-order valence-corrected chi connectivity index (χ3v) is 9.07. The van der Waals surface area contributed by atoms with Crippen LogP contribution in [-0.4, -0.2) is 57.0 Å². The number of halogens is 2. The fourth-order valence-corrected chi connectivity index (χ4v) is 6.50. The Kier molecular flexibility index (Phi) is 6.76. The van der Waals surface area contributed by atoms with Gasteiger partial charge >= 0.3 is 0 Å². The van der Waals surface area contributed by atoms with Gasteiger partial charge in [0.25, 0.3) is 0 Å². The minimum Gasteiger partial charge on any atom is -0.371 e. The molecule has 0 N–H and O–H groups in total. The average molecular weight is 549 g/mol. The fraction of sp³-hybridized carbons (Fsp3) is 0.500. The Labute approximate surface area is 232 Å². The summed E-state index contributed by atoms with van der Waals surface area (Å²) >= 11 is 0. The minimum absolute atomic E-state index is 0.0682. The number of rotatable bonds is 5. The number of carbonyl (C=O) groups is 1.